The molecule has 0 spiro atoms. The molecule has 3 aromatic rings. The van der Waals surface area contributed by atoms with Crippen LogP contribution < -0.4 is 9.47 Å². The Morgan fingerprint density at radius 3 is 2.69 bits per heavy atom. The second-order valence-corrected chi connectivity index (χ2v) is 7.74. The summed E-state index contributed by atoms with van der Waals surface area (Å²) >= 11 is 0. The number of aromatic nitrogens is 1. The first-order valence-corrected chi connectivity index (χ1v) is 10.2. The van der Waals surface area contributed by atoms with Crippen LogP contribution in [0, 0.1) is 5.92 Å². The molecule has 0 bridgehead atoms. The van der Waals surface area contributed by atoms with E-state index < -0.39 is 0 Å². The average Bonchev–Trinajstić information content (AvgIpc) is 3.15. The van der Waals surface area contributed by atoms with Crippen molar-refractivity contribution in [1.82, 2.24) is 10.1 Å². The molecule has 2 aromatic carbocycles. The molecule has 0 atom stereocenters. The highest BCUT2D eigenvalue weighted by Gasteiger charge is 2.21. The summed E-state index contributed by atoms with van der Waals surface area (Å²) in [7, 11) is 3.23. The number of hydrogen-bond acceptors (Lipinski definition) is 6. The Kier molecular flexibility index (Phi) is 5.90. The van der Waals surface area contributed by atoms with E-state index in [4.69, 9.17) is 14.0 Å². The van der Waals surface area contributed by atoms with Gasteiger partial charge in [0.15, 0.2) is 5.75 Å². The molecule has 29 heavy (non-hydrogen) atoms. The summed E-state index contributed by atoms with van der Waals surface area (Å²) in [6.45, 7) is 3.08. The van der Waals surface area contributed by atoms with E-state index in [1.54, 1.807) is 20.3 Å². The van der Waals surface area contributed by atoms with Gasteiger partial charge in [0.2, 0.25) is 11.3 Å². The number of rotatable bonds is 7. The molecule has 0 saturated carbocycles. The maximum absolute atomic E-state index is 9.64. The summed E-state index contributed by atoms with van der Waals surface area (Å²) in [5.41, 5.74) is 2.81. The fourth-order valence-electron chi connectivity index (χ4n) is 4.23. The fourth-order valence-corrected chi connectivity index (χ4v) is 4.23. The summed E-state index contributed by atoms with van der Waals surface area (Å²) in [6.07, 6.45) is 4.38. The number of phenolic OH excluding ortho intramolecular Hbond substituents is 1. The summed E-state index contributed by atoms with van der Waals surface area (Å²) < 4.78 is 16.3. The quantitative estimate of drug-likeness (QED) is 0.639. The number of aryl methyl sites for hydroxylation is 1. The van der Waals surface area contributed by atoms with E-state index in [1.807, 2.05) is 24.3 Å². The molecule has 154 valence electrons. The molecule has 1 saturated heterocycles. The third kappa shape index (κ3) is 4.32. The molecule has 0 aliphatic carbocycles. The maximum Gasteiger partial charge on any atom is 0.212 e. The fraction of sp³-hybridized carbons (Fsp3) is 0.435. The third-order valence-corrected chi connectivity index (χ3v) is 5.87. The smallest absolute Gasteiger partial charge is 0.212 e. The van der Waals surface area contributed by atoms with Crippen molar-refractivity contribution in [3.63, 3.8) is 0 Å². The highest BCUT2D eigenvalue weighted by atomic mass is 16.5. The number of aromatic hydroxyl groups is 1. The predicted octanol–water partition coefficient (Wildman–Crippen LogP) is 4.40. The Bertz CT molecular complexity index is 961. The number of benzene rings is 2. The Morgan fingerprint density at radius 1 is 1.14 bits per heavy atom. The van der Waals surface area contributed by atoms with Crippen LogP contribution in [0.4, 0.5) is 0 Å². The molecular formula is C23H28N2O4. The van der Waals surface area contributed by atoms with Crippen LogP contribution in [0.15, 0.2) is 40.9 Å². The van der Waals surface area contributed by atoms with Crippen molar-refractivity contribution >= 4 is 11.0 Å². The number of methoxy groups -OCH3 is 2. The van der Waals surface area contributed by atoms with Gasteiger partial charge in [0.05, 0.1) is 19.9 Å². The van der Waals surface area contributed by atoms with Gasteiger partial charge in [-0.3, -0.25) is 4.90 Å². The minimum atomic E-state index is 0.339. The summed E-state index contributed by atoms with van der Waals surface area (Å²) in [6, 6.07) is 11.5. The lowest BCUT2D eigenvalue weighted by atomic mass is 9.91. The van der Waals surface area contributed by atoms with Gasteiger partial charge in [0.1, 0.15) is 5.75 Å². The van der Waals surface area contributed by atoms with Crippen molar-refractivity contribution in [1.29, 1.82) is 0 Å². The molecule has 1 N–H and O–H groups in total. The van der Waals surface area contributed by atoms with Crippen LogP contribution in [0.3, 0.4) is 0 Å². The minimum Gasteiger partial charge on any atom is -0.508 e. The molecule has 6 heteroatoms. The lowest BCUT2D eigenvalue weighted by molar-refractivity contribution is 0.172. The Morgan fingerprint density at radius 2 is 1.97 bits per heavy atom. The lowest BCUT2D eigenvalue weighted by Crippen LogP contribution is -2.33. The van der Waals surface area contributed by atoms with E-state index in [0.717, 1.165) is 43.6 Å². The molecule has 1 aliphatic rings. The highest BCUT2D eigenvalue weighted by Crippen LogP contribution is 2.37. The van der Waals surface area contributed by atoms with Gasteiger partial charge >= 0.3 is 0 Å². The van der Waals surface area contributed by atoms with Crippen LogP contribution in [-0.2, 0) is 13.0 Å². The molecule has 4 rings (SSSR count). The molecule has 6 nitrogen and oxygen atoms in total. The van der Waals surface area contributed by atoms with Gasteiger partial charge < -0.3 is 19.1 Å². The summed E-state index contributed by atoms with van der Waals surface area (Å²) in [4.78, 5) is 2.47. The second-order valence-electron chi connectivity index (χ2n) is 7.74. The van der Waals surface area contributed by atoms with Crippen molar-refractivity contribution in [2.45, 2.75) is 32.2 Å². The summed E-state index contributed by atoms with van der Waals surface area (Å²) in [5.74, 6) is 2.29. The maximum atomic E-state index is 9.64. The van der Waals surface area contributed by atoms with Gasteiger partial charge in [-0.2, -0.15) is 0 Å². The zero-order valence-electron chi connectivity index (χ0n) is 17.1. The van der Waals surface area contributed by atoms with Gasteiger partial charge in [-0.25, -0.2) is 0 Å². The van der Waals surface area contributed by atoms with Crippen molar-refractivity contribution < 1.29 is 19.1 Å². The van der Waals surface area contributed by atoms with Crippen molar-refractivity contribution in [3.05, 3.63) is 47.7 Å². The second kappa shape index (κ2) is 8.74. The lowest BCUT2D eigenvalue weighted by Gasteiger charge is -2.32. The van der Waals surface area contributed by atoms with Crippen molar-refractivity contribution in [2.75, 3.05) is 27.3 Å². The Labute approximate surface area is 171 Å². The van der Waals surface area contributed by atoms with Gasteiger partial charge in [0.25, 0.3) is 0 Å². The molecular weight excluding hydrogens is 368 g/mol. The van der Waals surface area contributed by atoms with Crippen LogP contribution in [0.2, 0.25) is 0 Å². The van der Waals surface area contributed by atoms with Crippen LogP contribution in [-0.4, -0.2) is 42.5 Å². The van der Waals surface area contributed by atoms with E-state index in [1.165, 1.54) is 18.4 Å². The number of phenols is 1. The topological polar surface area (TPSA) is 68.0 Å². The minimum absolute atomic E-state index is 0.339. The van der Waals surface area contributed by atoms with Crippen molar-refractivity contribution in [2.24, 2.45) is 5.92 Å². The first kappa shape index (κ1) is 19.6. The van der Waals surface area contributed by atoms with E-state index in [2.05, 4.69) is 16.1 Å². The van der Waals surface area contributed by atoms with Gasteiger partial charge in [-0.1, -0.05) is 17.3 Å². The van der Waals surface area contributed by atoms with Gasteiger partial charge in [-0.15, -0.1) is 0 Å². The summed E-state index contributed by atoms with van der Waals surface area (Å²) in [5, 5.41) is 14.9. The molecule has 0 amide bonds. The highest BCUT2D eigenvalue weighted by molar-refractivity contribution is 5.87. The number of hydrogen-bond donors (Lipinski definition) is 1. The van der Waals surface area contributed by atoms with Gasteiger partial charge in [0, 0.05) is 11.9 Å². The number of fused-ring (bicyclic) bond motifs is 1. The van der Waals surface area contributed by atoms with Crippen LogP contribution in [0.25, 0.3) is 11.0 Å². The SMILES string of the molecule is COc1ccc2c(CCC3CCN(Cc4cccc(O)c4)CC3)noc2c1OC. The van der Waals surface area contributed by atoms with Crippen LogP contribution >= 0.6 is 0 Å². The van der Waals surface area contributed by atoms with E-state index in [9.17, 15) is 5.11 Å². The normalized spacial score (nSPS) is 15.7. The standard InChI is InChI=1S/C23H28N2O4/c1-27-21-9-7-19-20(24-29-22(19)23(21)28-2)8-6-16-10-12-25(13-11-16)15-17-4-3-5-18(26)14-17/h3-5,7,9,14,16,26H,6,8,10-13,15H2,1-2H3. The number of likely N-dealkylation sites (tertiary alicyclic amines) is 1. The number of piperidine rings is 1. The first-order valence-electron chi connectivity index (χ1n) is 10.2. The third-order valence-electron chi connectivity index (χ3n) is 5.87. The molecule has 1 fully saturated rings. The average molecular weight is 396 g/mol. The zero-order chi connectivity index (χ0) is 20.2. The molecule has 1 aliphatic heterocycles. The molecule has 1 aromatic heterocycles. The number of nitrogens with zero attached hydrogens (tertiary/aromatic N) is 2. The first-order chi connectivity index (χ1) is 14.2. The van der Waals surface area contributed by atoms with E-state index in [0.29, 0.717) is 28.7 Å². The van der Waals surface area contributed by atoms with Crippen LogP contribution in [0.5, 0.6) is 17.2 Å². The largest absolute Gasteiger partial charge is 0.508 e. The van der Waals surface area contributed by atoms with Crippen LogP contribution in [0.1, 0.15) is 30.5 Å². The molecule has 2 heterocycles. The zero-order valence-corrected chi connectivity index (χ0v) is 17.1. The van der Waals surface area contributed by atoms with E-state index in [-0.39, 0.29) is 0 Å². The number of ether oxygens (including phenoxy) is 2. The van der Waals surface area contributed by atoms with Crippen molar-refractivity contribution in [3.8, 4) is 17.2 Å². The molecule has 0 unspecified atom stereocenters. The Hall–Kier alpha value is -2.73. The Balaban J connectivity index is 1.33. The van der Waals surface area contributed by atoms with Gasteiger partial charge in [-0.05, 0) is 74.5 Å². The predicted molar refractivity (Wildman–Crippen MR) is 112 cm³/mol. The van der Waals surface area contributed by atoms with E-state index >= 15 is 0 Å². The molecule has 0 radical (unpaired) electrons. The monoisotopic (exact) mass is 396 g/mol.